The molecule has 0 atom stereocenters. The number of hydrogen-bond acceptors (Lipinski definition) is 2. The van der Waals surface area contributed by atoms with Crippen molar-refractivity contribution in [2.75, 3.05) is 0 Å². The zero-order chi connectivity index (χ0) is 22.2. The number of ether oxygens (including phenoxy) is 1. The Morgan fingerprint density at radius 2 is 1.42 bits per heavy atom. The Kier molecular flexibility index (Phi) is 7.27. The molecule has 0 bridgehead atoms. The highest BCUT2D eigenvalue weighted by atomic mass is 19.3. The van der Waals surface area contributed by atoms with E-state index in [-0.39, 0.29) is 12.2 Å². The summed E-state index contributed by atoms with van der Waals surface area (Å²) in [5.41, 5.74) is 4.39. The average Bonchev–Trinajstić information content (AvgIpc) is 2.78. The predicted octanol–water partition coefficient (Wildman–Crippen LogP) is 6.71. The summed E-state index contributed by atoms with van der Waals surface area (Å²) in [6.07, 6.45) is -0.0532. The molecule has 0 aliphatic heterocycles. The van der Waals surface area contributed by atoms with Crippen LogP contribution >= 0.6 is 0 Å². The van der Waals surface area contributed by atoms with Crippen LogP contribution in [-0.2, 0) is 11.2 Å². The number of rotatable bonds is 8. The Morgan fingerprint density at radius 1 is 0.839 bits per heavy atom. The molecule has 0 saturated heterocycles. The summed E-state index contributed by atoms with van der Waals surface area (Å²) in [6, 6.07) is 21.4. The smallest absolute Gasteiger partial charge is 0.344 e. The zero-order valence-electron chi connectivity index (χ0n) is 16.4. The monoisotopic (exact) mass is 424 g/mol. The summed E-state index contributed by atoms with van der Waals surface area (Å²) >= 11 is 0. The maximum atomic E-state index is 13.0. The molecule has 0 saturated carbocycles. The van der Waals surface area contributed by atoms with Crippen molar-refractivity contribution in [2.24, 2.45) is 0 Å². The van der Waals surface area contributed by atoms with Crippen LogP contribution < -0.4 is 4.74 Å². The van der Waals surface area contributed by atoms with Crippen molar-refractivity contribution >= 4 is 17.6 Å². The first-order valence-electron chi connectivity index (χ1n) is 9.49. The van der Waals surface area contributed by atoms with Gasteiger partial charge in [0.15, 0.2) is 0 Å². The van der Waals surface area contributed by atoms with Crippen molar-refractivity contribution in [3.05, 3.63) is 113 Å². The quantitative estimate of drug-likeness (QED) is 0.323. The van der Waals surface area contributed by atoms with Gasteiger partial charge < -0.3 is 9.84 Å². The summed E-state index contributed by atoms with van der Waals surface area (Å²) in [4.78, 5) is 10.8. The maximum Gasteiger partial charge on any atom is 0.344 e. The Morgan fingerprint density at radius 3 is 1.97 bits per heavy atom. The SMILES string of the molecule is O=C(O)CCc1ccc(C(=Cc2ccccc2)c2ccc(OC(F)=C(F)F)cc2)cc1. The van der Waals surface area contributed by atoms with Gasteiger partial charge in [0.1, 0.15) is 5.75 Å². The summed E-state index contributed by atoms with van der Waals surface area (Å²) in [5.74, 6) is -0.896. The number of halogens is 3. The van der Waals surface area contributed by atoms with Gasteiger partial charge in [-0.1, -0.05) is 66.7 Å². The van der Waals surface area contributed by atoms with Gasteiger partial charge >= 0.3 is 18.1 Å². The first-order valence-corrected chi connectivity index (χ1v) is 9.49. The van der Waals surface area contributed by atoms with Gasteiger partial charge in [-0.15, -0.1) is 0 Å². The van der Waals surface area contributed by atoms with Crippen LogP contribution in [0.25, 0.3) is 11.6 Å². The maximum absolute atomic E-state index is 13.0. The third kappa shape index (κ3) is 6.34. The van der Waals surface area contributed by atoms with Crippen molar-refractivity contribution in [1.29, 1.82) is 0 Å². The van der Waals surface area contributed by atoms with Crippen LogP contribution in [0.3, 0.4) is 0 Å². The molecule has 1 N–H and O–H groups in total. The van der Waals surface area contributed by atoms with Crippen molar-refractivity contribution in [3.8, 4) is 5.75 Å². The Bertz CT molecular complexity index is 1080. The summed E-state index contributed by atoms with van der Waals surface area (Å²) < 4.78 is 42.0. The molecule has 3 rings (SSSR count). The van der Waals surface area contributed by atoms with Crippen molar-refractivity contribution in [3.63, 3.8) is 0 Å². The number of aliphatic carboxylic acids is 1. The molecule has 3 aromatic carbocycles. The van der Waals surface area contributed by atoms with Gasteiger partial charge in [-0.3, -0.25) is 4.79 Å². The largest absolute Gasteiger partial charge is 0.481 e. The van der Waals surface area contributed by atoms with E-state index < -0.39 is 18.1 Å². The standard InChI is InChI=1S/C25H19F3O3/c26-24(27)25(28)31-21-13-11-20(12-14-21)22(16-18-4-2-1-3-5-18)19-9-6-17(7-10-19)8-15-23(29)30/h1-7,9-14,16H,8,15H2,(H,29,30). The molecule has 6 heteroatoms. The number of hydrogen-bond donors (Lipinski definition) is 1. The van der Waals surface area contributed by atoms with Crippen LogP contribution in [0.4, 0.5) is 13.2 Å². The molecular weight excluding hydrogens is 405 g/mol. The molecule has 31 heavy (non-hydrogen) atoms. The molecule has 0 aliphatic carbocycles. The third-order valence-electron chi connectivity index (χ3n) is 4.52. The van der Waals surface area contributed by atoms with E-state index in [1.165, 1.54) is 12.1 Å². The van der Waals surface area contributed by atoms with Gasteiger partial charge in [-0.05, 0) is 52.5 Å². The van der Waals surface area contributed by atoms with Crippen LogP contribution in [0, 0.1) is 0 Å². The second kappa shape index (κ2) is 10.3. The lowest BCUT2D eigenvalue weighted by Crippen LogP contribution is -1.97. The fourth-order valence-electron chi connectivity index (χ4n) is 3.00. The minimum atomic E-state index is -2.52. The molecule has 0 radical (unpaired) electrons. The lowest BCUT2D eigenvalue weighted by Gasteiger charge is -2.11. The Hall–Kier alpha value is -3.80. The molecule has 0 heterocycles. The average molecular weight is 424 g/mol. The van der Waals surface area contributed by atoms with Crippen LogP contribution in [0.5, 0.6) is 5.75 Å². The fourth-order valence-corrected chi connectivity index (χ4v) is 3.00. The van der Waals surface area contributed by atoms with Gasteiger partial charge in [0.05, 0.1) is 0 Å². The van der Waals surface area contributed by atoms with Crippen molar-refractivity contribution in [2.45, 2.75) is 12.8 Å². The summed E-state index contributed by atoms with van der Waals surface area (Å²) in [7, 11) is 0. The highest BCUT2D eigenvalue weighted by molar-refractivity contribution is 5.91. The first-order chi connectivity index (χ1) is 14.9. The van der Waals surface area contributed by atoms with Crippen LogP contribution in [0.1, 0.15) is 28.7 Å². The van der Waals surface area contributed by atoms with Crippen molar-refractivity contribution in [1.82, 2.24) is 0 Å². The van der Waals surface area contributed by atoms with E-state index in [4.69, 9.17) is 5.11 Å². The zero-order valence-corrected chi connectivity index (χ0v) is 16.4. The molecule has 0 unspecified atom stereocenters. The first kappa shape index (κ1) is 21.9. The van der Waals surface area contributed by atoms with Gasteiger partial charge in [-0.25, -0.2) is 0 Å². The highest BCUT2D eigenvalue weighted by Crippen LogP contribution is 2.29. The van der Waals surface area contributed by atoms with E-state index in [2.05, 4.69) is 4.74 Å². The minimum absolute atomic E-state index is 0.0443. The number of benzene rings is 3. The second-order valence-corrected chi connectivity index (χ2v) is 6.72. The number of carbonyl (C=O) groups is 1. The second-order valence-electron chi connectivity index (χ2n) is 6.72. The van der Waals surface area contributed by atoms with Crippen LogP contribution in [0.15, 0.2) is 91.0 Å². The molecule has 0 spiro atoms. The molecule has 0 aromatic heterocycles. The van der Waals surface area contributed by atoms with Crippen molar-refractivity contribution < 1.29 is 27.8 Å². The summed E-state index contributed by atoms with van der Waals surface area (Å²) in [5, 5.41) is 8.85. The van der Waals surface area contributed by atoms with E-state index >= 15 is 0 Å². The molecule has 0 fully saturated rings. The Labute approximate surface area is 177 Å². The number of carboxylic acids is 1. The molecule has 3 aromatic rings. The van der Waals surface area contributed by atoms with Gasteiger partial charge in [0.25, 0.3) is 0 Å². The van der Waals surface area contributed by atoms with E-state index in [0.717, 1.165) is 27.8 Å². The van der Waals surface area contributed by atoms with E-state index in [0.29, 0.717) is 6.42 Å². The molecule has 0 amide bonds. The third-order valence-corrected chi connectivity index (χ3v) is 4.52. The Balaban J connectivity index is 1.93. The predicted molar refractivity (Wildman–Crippen MR) is 113 cm³/mol. The molecule has 0 aliphatic rings. The topological polar surface area (TPSA) is 46.5 Å². The minimum Gasteiger partial charge on any atom is -0.481 e. The van der Waals surface area contributed by atoms with E-state index in [9.17, 15) is 18.0 Å². The molecular formula is C25H19F3O3. The number of carboxylic acid groups (broad SMARTS) is 1. The van der Waals surface area contributed by atoms with E-state index in [1.54, 1.807) is 12.1 Å². The van der Waals surface area contributed by atoms with Gasteiger partial charge in [0, 0.05) is 6.42 Å². The highest BCUT2D eigenvalue weighted by Gasteiger charge is 2.10. The van der Waals surface area contributed by atoms with E-state index in [1.807, 2.05) is 60.7 Å². The van der Waals surface area contributed by atoms with Gasteiger partial charge in [0.2, 0.25) is 0 Å². The normalized spacial score (nSPS) is 11.1. The lowest BCUT2D eigenvalue weighted by atomic mass is 9.94. The van der Waals surface area contributed by atoms with Gasteiger partial charge in [-0.2, -0.15) is 13.2 Å². The number of aryl methyl sites for hydroxylation is 1. The molecule has 158 valence electrons. The summed E-state index contributed by atoms with van der Waals surface area (Å²) in [6.45, 7) is 0. The lowest BCUT2D eigenvalue weighted by molar-refractivity contribution is -0.136. The molecule has 3 nitrogen and oxygen atoms in total. The van der Waals surface area contributed by atoms with Crippen LogP contribution in [0.2, 0.25) is 0 Å². The fraction of sp³-hybridized carbons (Fsp3) is 0.0800. The van der Waals surface area contributed by atoms with Crippen LogP contribution in [-0.4, -0.2) is 11.1 Å².